The molecule has 0 bridgehead atoms. The highest BCUT2D eigenvalue weighted by atomic mass is 19.4. The van der Waals surface area contributed by atoms with Gasteiger partial charge in [-0.3, -0.25) is 4.79 Å². The van der Waals surface area contributed by atoms with Crippen molar-refractivity contribution in [3.63, 3.8) is 0 Å². The summed E-state index contributed by atoms with van der Waals surface area (Å²) in [6.07, 6.45) is -11.9. The summed E-state index contributed by atoms with van der Waals surface area (Å²) < 4.78 is 100. The van der Waals surface area contributed by atoms with Gasteiger partial charge >= 0.3 is 18.4 Å². The van der Waals surface area contributed by atoms with Gasteiger partial charge in [0.2, 0.25) is 0 Å². The Balaban J connectivity index is 1.79. The summed E-state index contributed by atoms with van der Waals surface area (Å²) in [5.41, 5.74) is -1.85. The Morgan fingerprint density at radius 2 is 1.59 bits per heavy atom. The van der Waals surface area contributed by atoms with Crippen molar-refractivity contribution in [2.75, 3.05) is 32.3 Å². The number of nitrogens with zero attached hydrogens (tertiary/aromatic N) is 1. The zero-order valence-corrected chi connectivity index (χ0v) is 22.7. The molecular weight excluding hydrogens is 562 g/mol. The van der Waals surface area contributed by atoms with E-state index in [1.807, 2.05) is 11.8 Å². The van der Waals surface area contributed by atoms with Crippen LogP contribution in [0.15, 0.2) is 30.3 Å². The van der Waals surface area contributed by atoms with Gasteiger partial charge in [-0.15, -0.1) is 0 Å². The molecule has 1 amide bonds. The third kappa shape index (κ3) is 7.88. The van der Waals surface area contributed by atoms with Crippen LogP contribution < -0.4 is 19.7 Å². The lowest BCUT2D eigenvalue weighted by atomic mass is 9.94. The second-order valence-corrected chi connectivity index (χ2v) is 9.56. The minimum atomic E-state index is -4.99. The molecule has 0 spiro atoms. The van der Waals surface area contributed by atoms with Gasteiger partial charge < -0.3 is 29.2 Å². The van der Waals surface area contributed by atoms with Crippen LogP contribution >= 0.6 is 0 Å². The number of alkyl carbamates (subject to hydrolysis) is 1. The lowest BCUT2D eigenvalue weighted by Crippen LogP contribution is -2.44. The first-order valence-electron chi connectivity index (χ1n) is 12.5. The van der Waals surface area contributed by atoms with Crippen LogP contribution in [0.5, 0.6) is 11.5 Å². The van der Waals surface area contributed by atoms with Crippen LogP contribution in [0, 0.1) is 0 Å². The molecule has 1 aliphatic heterocycles. The molecule has 0 radical (unpaired) electrons. The third-order valence-electron chi connectivity index (χ3n) is 6.58. The fourth-order valence-corrected chi connectivity index (χ4v) is 4.70. The summed E-state index contributed by atoms with van der Waals surface area (Å²) in [6.45, 7) is 4.12. The average molecular weight is 593 g/mol. The molecule has 41 heavy (non-hydrogen) atoms. The van der Waals surface area contributed by atoms with Gasteiger partial charge in [-0.2, -0.15) is 26.3 Å². The quantitative estimate of drug-likeness (QED) is 0.271. The molecule has 1 aliphatic rings. The van der Waals surface area contributed by atoms with Crippen molar-refractivity contribution in [3.05, 3.63) is 52.6 Å². The number of alkyl halides is 6. The Morgan fingerprint density at radius 1 is 1.00 bits per heavy atom. The van der Waals surface area contributed by atoms with Crippen molar-refractivity contribution in [2.45, 2.75) is 57.2 Å². The molecule has 2 aromatic carbocycles. The minimum absolute atomic E-state index is 0.0424. The fraction of sp³-hybridized carbons (Fsp3) is 0.481. The van der Waals surface area contributed by atoms with E-state index in [9.17, 15) is 35.9 Å². The number of carbonyl (C=O) groups excluding carboxylic acids is 2. The normalized spacial score (nSPS) is 16.7. The maximum Gasteiger partial charge on any atom is 0.416 e. The number of hydrogen-bond donors (Lipinski definition) is 1. The molecule has 14 heteroatoms. The smallest absolute Gasteiger partial charge is 0.416 e. The Kier molecular flexibility index (Phi) is 9.87. The number of anilines is 1. The summed E-state index contributed by atoms with van der Waals surface area (Å²) in [4.78, 5) is 25.4. The van der Waals surface area contributed by atoms with Crippen LogP contribution in [-0.2, 0) is 33.0 Å². The van der Waals surface area contributed by atoms with E-state index in [1.165, 1.54) is 21.1 Å². The maximum absolute atomic E-state index is 13.2. The number of nitrogens with one attached hydrogen (secondary N) is 1. The van der Waals surface area contributed by atoms with Crippen LogP contribution in [0.3, 0.4) is 0 Å². The lowest BCUT2D eigenvalue weighted by molar-refractivity contribution is -0.143. The number of methoxy groups -OCH3 is 2. The van der Waals surface area contributed by atoms with E-state index in [-0.39, 0.29) is 30.7 Å². The van der Waals surface area contributed by atoms with Crippen molar-refractivity contribution < 1.29 is 54.9 Å². The van der Waals surface area contributed by atoms with Crippen molar-refractivity contribution >= 4 is 18.3 Å². The van der Waals surface area contributed by atoms with Gasteiger partial charge in [-0.1, -0.05) is 0 Å². The van der Waals surface area contributed by atoms with E-state index in [0.717, 1.165) is 0 Å². The number of fused-ring (bicyclic) bond motifs is 1. The molecule has 3 rings (SSSR count). The van der Waals surface area contributed by atoms with Crippen LogP contribution in [-0.4, -0.2) is 52.1 Å². The fourth-order valence-electron chi connectivity index (χ4n) is 4.70. The van der Waals surface area contributed by atoms with E-state index >= 15 is 0 Å². The van der Waals surface area contributed by atoms with E-state index in [0.29, 0.717) is 54.3 Å². The molecular formula is C27H30F6N2O6. The molecule has 0 saturated carbocycles. The van der Waals surface area contributed by atoms with E-state index in [1.54, 1.807) is 12.1 Å². The first kappa shape index (κ1) is 31.7. The van der Waals surface area contributed by atoms with Crippen LogP contribution in [0.25, 0.3) is 0 Å². The molecule has 0 aromatic heterocycles. The summed E-state index contributed by atoms with van der Waals surface area (Å²) in [6, 6.07) is 3.86. The number of rotatable bonds is 10. The van der Waals surface area contributed by atoms with Gasteiger partial charge in [0, 0.05) is 30.3 Å². The van der Waals surface area contributed by atoms with Crippen LogP contribution in [0.2, 0.25) is 0 Å². The van der Waals surface area contributed by atoms with Crippen LogP contribution in [0.1, 0.15) is 48.6 Å². The Labute approximate surface area is 232 Å². The minimum Gasteiger partial charge on any atom is -0.493 e. The Hall–Kier alpha value is -3.84. The molecule has 1 heterocycles. The summed E-state index contributed by atoms with van der Waals surface area (Å²) in [5.74, 6) is 0.819. The maximum atomic E-state index is 13.2. The number of benzene rings is 2. The number of halogens is 6. The zero-order chi connectivity index (χ0) is 30.5. The number of ether oxygens (including phenoxy) is 4. The van der Waals surface area contributed by atoms with Gasteiger partial charge in [0.25, 0.3) is 6.47 Å². The average Bonchev–Trinajstić information content (AvgIpc) is 2.89. The highest BCUT2D eigenvalue weighted by Crippen LogP contribution is 2.42. The molecule has 1 N–H and O–H groups in total. The second kappa shape index (κ2) is 12.8. The summed E-state index contributed by atoms with van der Waals surface area (Å²) in [7, 11) is 2.91. The SMILES string of the molecule is COc1cc2c(cc1OC)N(C(C)COC=O)CCC2NC(=O)OC(C)Cc1cc(C(F)(F)F)cc(C(F)(F)F)c1. The third-order valence-corrected chi connectivity index (χ3v) is 6.58. The largest absolute Gasteiger partial charge is 0.493 e. The number of amides is 1. The molecule has 0 aliphatic carbocycles. The predicted octanol–water partition coefficient (Wildman–Crippen LogP) is 5.91. The molecule has 3 atom stereocenters. The van der Waals surface area contributed by atoms with Crippen molar-refractivity contribution in [3.8, 4) is 11.5 Å². The van der Waals surface area contributed by atoms with Crippen molar-refractivity contribution in [1.82, 2.24) is 5.32 Å². The van der Waals surface area contributed by atoms with Gasteiger partial charge in [-0.05, 0) is 50.1 Å². The second-order valence-electron chi connectivity index (χ2n) is 9.56. The standard InChI is InChI=1S/C27H30F6N2O6/c1-15(13-40-14-36)35-6-5-21(20-11-23(38-3)24(39-4)12-22(20)35)34-25(37)41-16(2)7-17-8-18(26(28,29)30)10-19(9-17)27(31,32)33/h8-12,14-16,21H,5-7,13H2,1-4H3,(H,34,37). The number of carbonyl (C=O) groups is 2. The van der Waals surface area contributed by atoms with Crippen LogP contribution in [0.4, 0.5) is 36.8 Å². The van der Waals surface area contributed by atoms with E-state index in [4.69, 9.17) is 18.9 Å². The lowest BCUT2D eigenvalue weighted by Gasteiger charge is -2.39. The first-order chi connectivity index (χ1) is 19.2. The molecule has 0 fully saturated rings. The molecule has 226 valence electrons. The highest BCUT2D eigenvalue weighted by Gasteiger charge is 2.37. The van der Waals surface area contributed by atoms with E-state index < -0.39 is 41.7 Å². The number of hydrogen-bond acceptors (Lipinski definition) is 7. The molecule has 2 aromatic rings. The monoisotopic (exact) mass is 592 g/mol. The van der Waals surface area contributed by atoms with Gasteiger partial charge in [0.1, 0.15) is 12.7 Å². The Bertz CT molecular complexity index is 1200. The topological polar surface area (TPSA) is 86.3 Å². The predicted molar refractivity (Wildman–Crippen MR) is 135 cm³/mol. The summed E-state index contributed by atoms with van der Waals surface area (Å²) >= 11 is 0. The first-order valence-corrected chi connectivity index (χ1v) is 12.5. The van der Waals surface area contributed by atoms with Gasteiger partial charge in [0.15, 0.2) is 11.5 Å². The van der Waals surface area contributed by atoms with Gasteiger partial charge in [-0.25, -0.2) is 4.79 Å². The molecule has 3 unspecified atom stereocenters. The molecule has 8 nitrogen and oxygen atoms in total. The summed E-state index contributed by atoms with van der Waals surface area (Å²) in [5, 5.41) is 2.72. The van der Waals surface area contributed by atoms with Crippen molar-refractivity contribution in [2.24, 2.45) is 0 Å². The highest BCUT2D eigenvalue weighted by molar-refractivity contribution is 5.71. The molecule has 0 saturated heterocycles. The Morgan fingerprint density at radius 3 is 2.12 bits per heavy atom. The zero-order valence-electron chi connectivity index (χ0n) is 22.7. The van der Waals surface area contributed by atoms with E-state index in [2.05, 4.69) is 5.32 Å². The van der Waals surface area contributed by atoms with Crippen molar-refractivity contribution in [1.29, 1.82) is 0 Å². The van der Waals surface area contributed by atoms with Gasteiger partial charge in [0.05, 0.1) is 37.4 Å².